The number of aromatic nitrogens is 5. The zero-order valence-corrected chi connectivity index (χ0v) is 14.3. The molecule has 2 aromatic heterocycles. The van der Waals surface area contributed by atoms with Gasteiger partial charge in [0.15, 0.2) is 0 Å². The third-order valence-corrected chi connectivity index (χ3v) is 5.63. The molecule has 7 nitrogen and oxygen atoms in total. The smallest absolute Gasteiger partial charge is 0.240 e. The molecule has 0 bridgehead atoms. The van der Waals surface area contributed by atoms with Crippen LogP contribution in [0.4, 0.5) is 5.95 Å². The Labute approximate surface area is 150 Å². The summed E-state index contributed by atoms with van der Waals surface area (Å²) in [5, 5.41) is 10.6. The van der Waals surface area contributed by atoms with E-state index >= 15 is 0 Å². The summed E-state index contributed by atoms with van der Waals surface area (Å²) in [6.45, 7) is 1.89. The van der Waals surface area contributed by atoms with E-state index in [-0.39, 0.29) is 5.95 Å². The Morgan fingerprint density at radius 3 is 2.85 bits per heavy atom. The minimum absolute atomic E-state index is 0.162. The van der Waals surface area contributed by atoms with E-state index in [0.29, 0.717) is 17.8 Å². The predicted molar refractivity (Wildman–Crippen MR) is 96.3 cm³/mol. The van der Waals surface area contributed by atoms with Crippen molar-refractivity contribution in [3.8, 4) is 17.8 Å². The quantitative estimate of drug-likeness (QED) is 0.649. The maximum Gasteiger partial charge on any atom is 0.240 e. The Hall–Kier alpha value is -2.98. The van der Waals surface area contributed by atoms with Crippen LogP contribution in [0.25, 0.3) is 17.0 Å². The molecule has 0 saturated heterocycles. The Kier molecular flexibility index (Phi) is 3.09. The van der Waals surface area contributed by atoms with Gasteiger partial charge in [-0.2, -0.15) is 4.98 Å². The second-order valence-corrected chi connectivity index (χ2v) is 7.16. The average Bonchev–Trinajstić information content (AvgIpc) is 2.92. The van der Waals surface area contributed by atoms with Gasteiger partial charge >= 0.3 is 0 Å². The molecular weight excluding hydrogens is 328 g/mol. The van der Waals surface area contributed by atoms with Gasteiger partial charge < -0.3 is 10.8 Å². The number of hydrogen-bond acceptors (Lipinski definition) is 6. The second kappa shape index (κ2) is 5.26. The van der Waals surface area contributed by atoms with Crippen molar-refractivity contribution in [3.63, 3.8) is 0 Å². The monoisotopic (exact) mass is 346 g/mol. The van der Waals surface area contributed by atoms with Crippen molar-refractivity contribution in [2.75, 3.05) is 5.73 Å². The van der Waals surface area contributed by atoms with Crippen LogP contribution < -0.4 is 5.73 Å². The van der Waals surface area contributed by atoms with Crippen molar-refractivity contribution >= 4 is 17.0 Å². The van der Waals surface area contributed by atoms with Crippen molar-refractivity contribution in [2.24, 2.45) is 11.8 Å². The molecule has 0 radical (unpaired) electrons. The number of hydrogen-bond donors (Lipinski definition) is 2. The summed E-state index contributed by atoms with van der Waals surface area (Å²) in [5.74, 6) is 8.62. The molecule has 2 unspecified atom stereocenters. The fourth-order valence-electron chi connectivity index (χ4n) is 4.09. The highest BCUT2D eigenvalue weighted by molar-refractivity contribution is 5.79. The number of nitrogens with zero attached hydrogens (tertiary/aromatic N) is 5. The molecule has 0 aliphatic heterocycles. The fourth-order valence-corrected chi connectivity index (χ4v) is 4.09. The Bertz CT molecular complexity index is 1090. The molecule has 7 heteroatoms. The Morgan fingerprint density at radius 1 is 1.27 bits per heavy atom. The lowest BCUT2D eigenvalue weighted by Crippen LogP contribution is -2.58. The number of rotatable bonds is 1. The number of nitrogen functional groups attached to an aromatic ring is 1. The molecule has 130 valence electrons. The summed E-state index contributed by atoms with van der Waals surface area (Å²) in [7, 11) is 0. The molecule has 26 heavy (non-hydrogen) atoms. The van der Waals surface area contributed by atoms with Gasteiger partial charge in [-0.15, -0.1) is 0 Å². The summed E-state index contributed by atoms with van der Waals surface area (Å²) >= 11 is 0. The number of benzene rings is 1. The van der Waals surface area contributed by atoms with Crippen molar-refractivity contribution in [2.45, 2.75) is 31.8 Å². The van der Waals surface area contributed by atoms with Crippen molar-refractivity contribution < 1.29 is 5.11 Å². The van der Waals surface area contributed by atoms with E-state index in [0.717, 1.165) is 35.3 Å². The van der Waals surface area contributed by atoms with Crippen molar-refractivity contribution in [1.29, 1.82) is 0 Å². The zero-order valence-electron chi connectivity index (χ0n) is 14.3. The van der Waals surface area contributed by atoms with E-state index in [1.54, 1.807) is 0 Å². The molecule has 2 saturated carbocycles. The minimum atomic E-state index is -0.809. The van der Waals surface area contributed by atoms with Crippen LogP contribution in [0.1, 0.15) is 30.7 Å². The number of imidazole rings is 1. The lowest BCUT2D eigenvalue weighted by atomic mass is 9.51. The summed E-state index contributed by atoms with van der Waals surface area (Å²) in [6.07, 6.45) is 4.50. The summed E-state index contributed by atoms with van der Waals surface area (Å²) in [4.78, 5) is 16.8. The van der Waals surface area contributed by atoms with E-state index in [1.807, 2.05) is 29.7 Å². The van der Waals surface area contributed by atoms with Gasteiger partial charge in [0.25, 0.3) is 0 Å². The number of aryl methyl sites for hydroxylation is 1. The molecular formula is C19H18N6O. The summed E-state index contributed by atoms with van der Waals surface area (Å²) in [5.41, 5.74) is 7.39. The molecule has 0 spiro atoms. The molecule has 3 N–H and O–H groups in total. The van der Waals surface area contributed by atoms with Gasteiger partial charge in [-0.3, -0.25) is 4.57 Å². The molecule has 2 heterocycles. The van der Waals surface area contributed by atoms with E-state index in [4.69, 9.17) is 5.73 Å². The van der Waals surface area contributed by atoms with Crippen LogP contribution in [0.5, 0.6) is 0 Å². The molecule has 5 rings (SSSR count). The lowest BCUT2D eigenvalue weighted by Gasteiger charge is -2.56. The van der Waals surface area contributed by atoms with Gasteiger partial charge in [-0.05, 0) is 50.3 Å². The van der Waals surface area contributed by atoms with Crippen LogP contribution >= 0.6 is 0 Å². The van der Waals surface area contributed by atoms with Gasteiger partial charge in [0.05, 0.1) is 11.0 Å². The average molecular weight is 346 g/mol. The number of nitrogens with two attached hydrogens (primary N) is 1. The normalized spacial score (nSPS) is 26.4. The lowest BCUT2D eigenvalue weighted by molar-refractivity contribution is -0.146. The van der Waals surface area contributed by atoms with Gasteiger partial charge in [0.2, 0.25) is 11.9 Å². The molecule has 3 atom stereocenters. The SMILES string of the molecule is Cc1nc2ccc(C#CC3(O)CC4CC[C@@H]43)cc2n1-c1ncnc(N)n1. The van der Waals surface area contributed by atoms with Gasteiger partial charge in [0.1, 0.15) is 17.8 Å². The van der Waals surface area contributed by atoms with Crippen LogP contribution in [0.3, 0.4) is 0 Å². The first-order valence-electron chi connectivity index (χ1n) is 8.73. The van der Waals surface area contributed by atoms with Crippen LogP contribution in [0.2, 0.25) is 0 Å². The maximum atomic E-state index is 10.6. The van der Waals surface area contributed by atoms with E-state index < -0.39 is 5.60 Å². The standard InChI is InChI=1S/C19H18N6O/c1-11-23-15-5-2-12(6-7-19(26)9-13-3-4-14(13)19)8-16(15)25(11)18-22-10-21-17(20)24-18/h2,5,8,10,13-14,26H,3-4,9H2,1H3,(H2,20,21,22,24)/t13?,14-,19?/m0/s1. The molecule has 2 aliphatic rings. The molecule has 3 aromatic rings. The number of fused-ring (bicyclic) bond motifs is 2. The van der Waals surface area contributed by atoms with E-state index in [2.05, 4.69) is 31.8 Å². The molecule has 2 aliphatic carbocycles. The minimum Gasteiger partial charge on any atom is -0.377 e. The first kappa shape index (κ1) is 15.3. The first-order valence-corrected chi connectivity index (χ1v) is 8.73. The van der Waals surface area contributed by atoms with Gasteiger partial charge in [-0.1, -0.05) is 11.8 Å². The van der Waals surface area contributed by atoms with Gasteiger partial charge in [-0.25, -0.2) is 15.0 Å². The molecule has 2 fully saturated rings. The Balaban J connectivity index is 1.56. The van der Waals surface area contributed by atoms with Crippen molar-refractivity contribution in [1.82, 2.24) is 24.5 Å². The topological polar surface area (TPSA) is 103 Å². The third kappa shape index (κ3) is 2.19. The summed E-state index contributed by atoms with van der Waals surface area (Å²) in [6, 6.07) is 5.79. The summed E-state index contributed by atoms with van der Waals surface area (Å²) < 4.78 is 1.83. The highest BCUT2D eigenvalue weighted by Crippen LogP contribution is 2.56. The molecule has 0 amide bonds. The van der Waals surface area contributed by atoms with Crippen molar-refractivity contribution in [3.05, 3.63) is 35.9 Å². The van der Waals surface area contributed by atoms with E-state index in [9.17, 15) is 5.11 Å². The maximum absolute atomic E-state index is 10.6. The number of anilines is 1. The second-order valence-electron chi connectivity index (χ2n) is 7.16. The predicted octanol–water partition coefficient (Wildman–Crippen LogP) is 1.61. The Morgan fingerprint density at radius 2 is 2.15 bits per heavy atom. The third-order valence-electron chi connectivity index (χ3n) is 5.63. The van der Waals surface area contributed by atoms with Crippen LogP contribution in [0, 0.1) is 30.6 Å². The number of aliphatic hydroxyl groups is 1. The van der Waals surface area contributed by atoms with E-state index in [1.165, 1.54) is 12.7 Å². The van der Waals surface area contributed by atoms with Gasteiger partial charge in [0, 0.05) is 11.5 Å². The molecule has 1 aromatic carbocycles. The first-order chi connectivity index (χ1) is 12.5. The fraction of sp³-hybridized carbons (Fsp3) is 0.368. The van der Waals surface area contributed by atoms with Crippen LogP contribution in [-0.2, 0) is 0 Å². The van der Waals surface area contributed by atoms with Crippen LogP contribution in [-0.4, -0.2) is 35.2 Å². The van der Waals surface area contributed by atoms with Crippen LogP contribution in [0.15, 0.2) is 24.5 Å². The largest absolute Gasteiger partial charge is 0.377 e. The highest BCUT2D eigenvalue weighted by atomic mass is 16.3. The highest BCUT2D eigenvalue weighted by Gasteiger charge is 2.56. The zero-order chi connectivity index (χ0) is 17.9.